The number of carbonyl (C=O) groups excluding carboxylic acids is 1. The standard InChI is InChI=1S/C13H10ClNO4/c14-9-4-2-1-3-8(9)10-5-6-11(19-10)13(18)15-7-12(16)17/h1-6H,7H2,(H,15,18)(H,16,17). The number of aliphatic carboxylic acids is 1. The van der Waals surface area contributed by atoms with E-state index in [2.05, 4.69) is 5.32 Å². The molecular weight excluding hydrogens is 270 g/mol. The Bertz CT molecular complexity index is 621. The third-order valence-electron chi connectivity index (χ3n) is 2.37. The van der Waals surface area contributed by atoms with Crippen molar-refractivity contribution in [1.29, 1.82) is 0 Å². The van der Waals surface area contributed by atoms with Crippen molar-refractivity contribution in [1.82, 2.24) is 5.32 Å². The third-order valence-corrected chi connectivity index (χ3v) is 2.70. The molecule has 6 heteroatoms. The minimum Gasteiger partial charge on any atom is -0.480 e. The van der Waals surface area contributed by atoms with Gasteiger partial charge in [-0.25, -0.2) is 0 Å². The molecule has 0 fully saturated rings. The second kappa shape index (κ2) is 5.58. The smallest absolute Gasteiger partial charge is 0.322 e. The molecule has 2 aromatic rings. The maximum absolute atomic E-state index is 11.6. The van der Waals surface area contributed by atoms with Crippen LogP contribution in [0.5, 0.6) is 0 Å². The molecule has 98 valence electrons. The minimum atomic E-state index is -1.12. The van der Waals surface area contributed by atoms with E-state index in [4.69, 9.17) is 21.1 Å². The first-order chi connectivity index (χ1) is 9.08. The lowest BCUT2D eigenvalue weighted by Crippen LogP contribution is -2.28. The number of carboxylic acid groups (broad SMARTS) is 1. The zero-order chi connectivity index (χ0) is 13.8. The Morgan fingerprint density at radius 1 is 1.21 bits per heavy atom. The van der Waals surface area contributed by atoms with Crippen molar-refractivity contribution in [3.05, 3.63) is 47.2 Å². The lowest BCUT2D eigenvalue weighted by molar-refractivity contribution is -0.135. The van der Waals surface area contributed by atoms with E-state index in [-0.39, 0.29) is 5.76 Å². The van der Waals surface area contributed by atoms with Gasteiger partial charge in [0.1, 0.15) is 12.3 Å². The highest BCUT2D eigenvalue weighted by atomic mass is 35.5. The number of halogens is 1. The van der Waals surface area contributed by atoms with Gasteiger partial charge < -0.3 is 14.8 Å². The van der Waals surface area contributed by atoms with Gasteiger partial charge in [0.2, 0.25) is 0 Å². The van der Waals surface area contributed by atoms with Crippen molar-refractivity contribution < 1.29 is 19.1 Å². The molecule has 0 unspecified atom stereocenters. The second-order valence-corrected chi connectivity index (χ2v) is 4.13. The van der Waals surface area contributed by atoms with E-state index in [1.54, 1.807) is 30.3 Å². The molecule has 1 aromatic carbocycles. The molecule has 0 atom stereocenters. The maximum Gasteiger partial charge on any atom is 0.322 e. The van der Waals surface area contributed by atoms with Crippen LogP contribution in [0.2, 0.25) is 5.02 Å². The van der Waals surface area contributed by atoms with E-state index in [9.17, 15) is 9.59 Å². The summed E-state index contributed by atoms with van der Waals surface area (Å²) in [6, 6.07) is 10.1. The Morgan fingerprint density at radius 3 is 2.63 bits per heavy atom. The zero-order valence-electron chi connectivity index (χ0n) is 9.72. The van der Waals surface area contributed by atoms with Crippen LogP contribution in [0.15, 0.2) is 40.8 Å². The molecule has 0 aliphatic rings. The van der Waals surface area contributed by atoms with Crippen molar-refractivity contribution in [3.63, 3.8) is 0 Å². The van der Waals surface area contributed by atoms with E-state index >= 15 is 0 Å². The topological polar surface area (TPSA) is 79.5 Å². The summed E-state index contributed by atoms with van der Waals surface area (Å²) in [4.78, 5) is 21.9. The number of benzene rings is 1. The average molecular weight is 280 g/mol. The Balaban J connectivity index is 2.18. The number of nitrogens with one attached hydrogen (secondary N) is 1. The van der Waals surface area contributed by atoms with Gasteiger partial charge in [-0.3, -0.25) is 9.59 Å². The summed E-state index contributed by atoms with van der Waals surface area (Å²) in [5, 5.41) is 11.2. The monoisotopic (exact) mass is 279 g/mol. The van der Waals surface area contributed by atoms with E-state index in [0.717, 1.165) is 0 Å². The number of amides is 1. The molecule has 2 rings (SSSR count). The van der Waals surface area contributed by atoms with Gasteiger partial charge in [0.05, 0.1) is 5.02 Å². The number of furan rings is 1. The lowest BCUT2D eigenvalue weighted by atomic mass is 10.2. The molecule has 0 aliphatic carbocycles. The van der Waals surface area contributed by atoms with Crippen molar-refractivity contribution in [3.8, 4) is 11.3 Å². The van der Waals surface area contributed by atoms with Crippen molar-refractivity contribution in [2.75, 3.05) is 6.54 Å². The van der Waals surface area contributed by atoms with Gasteiger partial charge in [-0.1, -0.05) is 23.7 Å². The van der Waals surface area contributed by atoms with Crippen LogP contribution in [-0.4, -0.2) is 23.5 Å². The fourth-order valence-corrected chi connectivity index (χ4v) is 1.74. The fourth-order valence-electron chi connectivity index (χ4n) is 1.51. The SMILES string of the molecule is O=C(O)CNC(=O)c1ccc(-c2ccccc2Cl)o1. The Labute approximate surface area is 113 Å². The van der Waals surface area contributed by atoms with Crippen molar-refractivity contribution in [2.24, 2.45) is 0 Å². The van der Waals surface area contributed by atoms with E-state index in [1.165, 1.54) is 6.07 Å². The summed E-state index contributed by atoms with van der Waals surface area (Å²) in [5.41, 5.74) is 0.668. The highest BCUT2D eigenvalue weighted by Crippen LogP contribution is 2.28. The zero-order valence-corrected chi connectivity index (χ0v) is 10.5. The van der Waals surface area contributed by atoms with Gasteiger partial charge in [-0.2, -0.15) is 0 Å². The van der Waals surface area contributed by atoms with E-state index in [0.29, 0.717) is 16.3 Å². The maximum atomic E-state index is 11.6. The van der Waals surface area contributed by atoms with E-state index < -0.39 is 18.4 Å². The highest BCUT2D eigenvalue weighted by Gasteiger charge is 2.14. The molecule has 1 heterocycles. The number of carbonyl (C=O) groups is 2. The number of hydrogen-bond donors (Lipinski definition) is 2. The first-order valence-corrected chi connectivity index (χ1v) is 5.80. The normalized spacial score (nSPS) is 10.2. The molecule has 0 saturated heterocycles. The Morgan fingerprint density at radius 2 is 1.95 bits per heavy atom. The van der Waals surface area contributed by atoms with Gasteiger partial charge >= 0.3 is 5.97 Å². The predicted octanol–water partition coefficient (Wildman–Crippen LogP) is 2.41. The molecule has 0 aliphatic heterocycles. The van der Waals surface area contributed by atoms with Gasteiger partial charge in [0.25, 0.3) is 5.91 Å². The van der Waals surface area contributed by atoms with Crippen LogP contribution in [0.3, 0.4) is 0 Å². The molecule has 0 bridgehead atoms. The summed E-state index contributed by atoms with van der Waals surface area (Å²) >= 11 is 6.01. The second-order valence-electron chi connectivity index (χ2n) is 3.72. The summed E-state index contributed by atoms with van der Waals surface area (Å²) in [7, 11) is 0. The molecule has 1 amide bonds. The molecule has 5 nitrogen and oxygen atoms in total. The van der Waals surface area contributed by atoms with E-state index in [1.807, 2.05) is 0 Å². The first kappa shape index (κ1) is 13.2. The van der Waals surface area contributed by atoms with Gasteiger partial charge in [-0.05, 0) is 24.3 Å². The van der Waals surface area contributed by atoms with Crippen molar-refractivity contribution in [2.45, 2.75) is 0 Å². The van der Waals surface area contributed by atoms with Gasteiger partial charge in [-0.15, -0.1) is 0 Å². The first-order valence-electron chi connectivity index (χ1n) is 5.42. The summed E-state index contributed by atoms with van der Waals surface area (Å²) in [6.07, 6.45) is 0. The van der Waals surface area contributed by atoms with Gasteiger partial charge in [0, 0.05) is 5.56 Å². The molecular formula is C13H10ClNO4. The Kier molecular flexibility index (Phi) is 3.87. The predicted molar refractivity (Wildman–Crippen MR) is 69.1 cm³/mol. The van der Waals surface area contributed by atoms with Crippen molar-refractivity contribution >= 4 is 23.5 Å². The van der Waals surface area contributed by atoms with Crippen LogP contribution in [0, 0.1) is 0 Å². The third kappa shape index (κ3) is 3.14. The molecule has 1 aromatic heterocycles. The van der Waals surface area contributed by atoms with Crippen LogP contribution in [0.1, 0.15) is 10.6 Å². The van der Waals surface area contributed by atoms with Crippen LogP contribution < -0.4 is 5.32 Å². The van der Waals surface area contributed by atoms with Crippen LogP contribution in [0.25, 0.3) is 11.3 Å². The average Bonchev–Trinajstić information content (AvgIpc) is 2.86. The van der Waals surface area contributed by atoms with Crippen LogP contribution >= 0.6 is 11.6 Å². The summed E-state index contributed by atoms with van der Waals surface area (Å²) in [5.74, 6) is -1.21. The quantitative estimate of drug-likeness (QED) is 0.901. The van der Waals surface area contributed by atoms with Crippen LogP contribution in [-0.2, 0) is 4.79 Å². The minimum absolute atomic E-state index is 0.0381. The summed E-state index contributed by atoms with van der Waals surface area (Å²) in [6.45, 7) is -0.457. The van der Waals surface area contributed by atoms with Gasteiger partial charge in [0.15, 0.2) is 5.76 Å². The summed E-state index contributed by atoms with van der Waals surface area (Å²) < 4.78 is 5.36. The number of rotatable bonds is 4. The van der Waals surface area contributed by atoms with Crippen LogP contribution in [0.4, 0.5) is 0 Å². The molecule has 0 radical (unpaired) electrons. The molecule has 0 spiro atoms. The molecule has 2 N–H and O–H groups in total. The molecule has 19 heavy (non-hydrogen) atoms. The Hall–Kier alpha value is -2.27. The largest absolute Gasteiger partial charge is 0.480 e. The molecule has 0 saturated carbocycles. The highest BCUT2D eigenvalue weighted by molar-refractivity contribution is 6.33. The number of carboxylic acids is 1. The number of hydrogen-bond acceptors (Lipinski definition) is 3. The lowest BCUT2D eigenvalue weighted by Gasteiger charge is -2.00. The fraction of sp³-hybridized carbons (Fsp3) is 0.0769.